The summed E-state index contributed by atoms with van der Waals surface area (Å²) in [6, 6.07) is -0.120. The summed E-state index contributed by atoms with van der Waals surface area (Å²) in [4.78, 5) is 11.2. The van der Waals surface area contributed by atoms with Gasteiger partial charge in [0.2, 0.25) is 5.91 Å². The maximum Gasteiger partial charge on any atom is 0.220 e. The molecule has 0 unspecified atom stereocenters. The zero-order chi connectivity index (χ0) is 8.97. The second kappa shape index (κ2) is 4.42. The summed E-state index contributed by atoms with van der Waals surface area (Å²) in [5.74, 6) is 0.541. The lowest BCUT2D eigenvalue weighted by molar-refractivity contribution is -0.123. The Hall–Kier alpha value is -0.610. The fourth-order valence-electron chi connectivity index (χ4n) is 1.13. The molecule has 0 aromatic carbocycles. The van der Waals surface area contributed by atoms with Crippen molar-refractivity contribution in [2.75, 3.05) is 19.7 Å². The van der Waals surface area contributed by atoms with E-state index in [9.17, 15) is 4.79 Å². The van der Waals surface area contributed by atoms with Crippen LogP contribution in [0.15, 0.2) is 0 Å². The first-order valence-corrected chi connectivity index (χ1v) is 4.33. The van der Waals surface area contributed by atoms with E-state index in [2.05, 4.69) is 10.6 Å². The van der Waals surface area contributed by atoms with Crippen molar-refractivity contribution >= 4 is 5.91 Å². The Labute approximate surface area is 72.3 Å². The summed E-state index contributed by atoms with van der Waals surface area (Å²) in [6.07, 6.45) is 0.581. The number of rotatable bonds is 4. The average Bonchev–Trinajstić information content (AvgIpc) is 1.97. The molecular weight excluding hydrogens is 156 g/mol. The highest BCUT2D eigenvalue weighted by molar-refractivity contribution is 5.76. The number of aliphatic hydroxyl groups excluding tert-OH is 1. The molecule has 1 aliphatic rings. The van der Waals surface area contributed by atoms with Gasteiger partial charge in [0.15, 0.2) is 0 Å². The van der Waals surface area contributed by atoms with E-state index in [1.54, 1.807) is 6.92 Å². The van der Waals surface area contributed by atoms with Gasteiger partial charge in [0.25, 0.3) is 0 Å². The molecule has 1 heterocycles. The van der Waals surface area contributed by atoms with Crippen LogP contribution < -0.4 is 10.6 Å². The van der Waals surface area contributed by atoms with Crippen molar-refractivity contribution in [1.29, 1.82) is 0 Å². The second-order valence-corrected chi connectivity index (χ2v) is 3.38. The predicted octanol–water partition coefficient (Wildman–Crippen LogP) is -0.907. The summed E-state index contributed by atoms with van der Waals surface area (Å²) in [5.41, 5.74) is 0. The molecule has 4 nitrogen and oxygen atoms in total. The fourth-order valence-corrected chi connectivity index (χ4v) is 1.13. The molecule has 1 rings (SSSR count). The van der Waals surface area contributed by atoms with Crippen LogP contribution in [0.2, 0.25) is 0 Å². The Morgan fingerprint density at radius 1 is 1.75 bits per heavy atom. The van der Waals surface area contributed by atoms with E-state index >= 15 is 0 Å². The SMILES string of the molecule is C[C@H](CO)NC(=O)CC1CNC1. The van der Waals surface area contributed by atoms with Gasteiger partial charge < -0.3 is 15.7 Å². The first-order chi connectivity index (χ1) is 5.72. The second-order valence-electron chi connectivity index (χ2n) is 3.38. The van der Waals surface area contributed by atoms with Crippen molar-refractivity contribution < 1.29 is 9.90 Å². The minimum atomic E-state index is -0.120. The van der Waals surface area contributed by atoms with Gasteiger partial charge in [0.05, 0.1) is 6.61 Å². The van der Waals surface area contributed by atoms with Crippen molar-refractivity contribution in [2.24, 2.45) is 5.92 Å². The summed E-state index contributed by atoms with van der Waals surface area (Å²) in [6.45, 7) is 3.69. The minimum Gasteiger partial charge on any atom is -0.394 e. The van der Waals surface area contributed by atoms with Crippen LogP contribution in [0.5, 0.6) is 0 Å². The molecule has 0 aliphatic carbocycles. The van der Waals surface area contributed by atoms with Crippen LogP contribution in [-0.4, -0.2) is 36.8 Å². The lowest BCUT2D eigenvalue weighted by Crippen LogP contribution is -2.45. The smallest absolute Gasteiger partial charge is 0.220 e. The van der Waals surface area contributed by atoms with Crippen molar-refractivity contribution in [3.63, 3.8) is 0 Å². The van der Waals surface area contributed by atoms with Crippen LogP contribution in [0.3, 0.4) is 0 Å². The quantitative estimate of drug-likeness (QED) is 0.514. The molecule has 0 saturated carbocycles. The summed E-state index contributed by atoms with van der Waals surface area (Å²) >= 11 is 0. The summed E-state index contributed by atoms with van der Waals surface area (Å²) < 4.78 is 0. The van der Waals surface area contributed by atoms with Gasteiger partial charge in [-0.25, -0.2) is 0 Å². The monoisotopic (exact) mass is 172 g/mol. The van der Waals surface area contributed by atoms with Gasteiger partial charge in [-0.2, -0.15) is 0 Å². The van der Waals surface area contributed by atoms with E-state index in [4.69, 9.17) is 5.11 Å². The highest BCUT2D eigenvalue weighted by Crippen LogP contribution is 2.07. The number of amides is 1. The molecule has 12 heavy (non-hydrogen) atoms. The van der Waals surface area contributed by atoms with Crippen molar-refractivity contribution in [3.8, 4) is 0 Å². The van der Waals surface area contributed by atoms with Crippen LogP contribution in [0.25, 0.3) is 0 Å². The van der Waals surface area contributed by atoms with E-state index in [-0.39, 0.29) is 18.6 Å². The van der Waals surface area contributed by atoms with Crippen LogP contribution >= 0.6 is 0 Å². The first kappa shape index (κ1) is 9.48. The minimum absolute atomic E-state index is 0.00859. The molecule has 70 valence electrons. The third-order valence-electron chi connectivity index (χ3n) is 2.02. The highest BCUT2D eigenvalue weighted by Gasteiger charge is 2.20. The van der Waals surface area contributed by atoms with Crippen LogP contribution in [0.4, 0.5) is 0 Å². The van der Waals surface area contributed by atoms with E-state index in [0.717, 1.165) is 13.1 Å². The number of hydrogen-bond acceptors (Lipinski definition) is 3. The van der Waals surface area contributed by atoms with Crippen LogP contribution in [0.1, 0.15) is 13.3 Å². The molecular formula is C8H16N2O2. The van der Waals surface area contributed by atoms with E-state index in [1.165, 1.54) is 0 Å². The molecule has 1 aliphatic heterocycles. The molecule has 0 radical (unpaired) electrons. The lowest BCUT2D eigenvalue weighted by Gasteiger charge is -2.26. The predicted molar refractivity (Wildman–Crippen MR) is 45.7 cm³/mol. The van der Waals surface area contributed by atoms with Gasteiger partial charge in [-0.1, -0.05) is 0 Å². The molecule has 1 saturated heterocycles. The van der Waals surface area contributed by atoms with E-state index in [0.29, 0.717) is 12.3 Å². The van der Waals surface area contributed by atoms with Gasteiger partial charge in [0, 0.05) is 12.5 Å². The third-order valence-corrected chi connectivity index (χ3v) is 2.02. The van der Waals surface area contributed by atoms with E-state index in [1.807, 2.05) is 0 Å². The molecule has 1 fully saturated rings. The topological polar surface area (TPSA) is 61.4 Å². The lowest BCUT2D eigenvalue weighted by atomic mass is 9.99. The van der Waals surface area contributed by atoms with Crippen molar-refractivity contribution in [2.45, 2.75) is 19.4 Å². The van der Waals surface area contributed by atoms with Gasteiger partial charge >= 0.3 is 0 Å². The number of aliphatic hydroxyl groups is 1. The van der Waals surface area contributed by atoms with Gasteiger partial charge in [-0.3, -0.25) is 4.79 Å². The summed E-state index contributed by atoms with van der Waals surface area (Å²) in [7, 11) is 0. The van der Waals surface area contributed by atoms with Crippen LogP contribution in [-0.2, 0) is 4.79 Å². The van der Waals surface area contributed by atoms with Crippen LogP contribution in [0, 0.1) is 5.92 Å². The molecule has 0 aromatic heterocycles. The van der Waals surface area contributed by atoms with Gasteiger partial charge in [-0.15, -0.1) is 0 Å². The Morgan fingerprint density at radius 2 is 2.42 bits per heavy atom. The largest absolute Gasteiger partial charge is 0.394 e. The number of carbonyl (C=O) groups excluding carboxylic acids is 1. The molecule has 1 atom stereocenters. The number of hydrogen-bond donors (Lipinski definition) is 3. The van der Waals surface area contributed by atoms with Crippen molar-refractivity contribution in [1.82, 2.24) is 10.6 Å². The van der Waals surface area contributed by atoms with E-state index < -0.39 is 0 Å². The maximum atomic E-state index is 11.2. The number of carbonyl (C=O) groups is 1. The standard InChI is InChI=1S/C8H16N2O2/c1-6(5-11)10-8(12)2-7-3-9-4-7/h6-7,9,11H,2-5H2,1H3,(H,10,12)/t6-/m1/s1. The first-order valence-electron chi connectivity index (χ1n) is 4.33. The average molecular weight is 172 g/mol. The maximum absolute atomic E-state index is 11.2. The van der Waals surface area contributed by atoms with Crippen molar-refractivity contribution in [3.05, 3.63) is 0 Å². The summed E-state index contributed by atoms with van der Waals surface area (Å²) in [5, 5.41) is 14.5. The third kappa shape index (κ3) is 2.79. The van der Waals surface area contributed by atoms with Gasteiger partial charge in [-0.05, 0) is 25.9 Å². The zero-order valence-electron chi connectivity index (χ0n) is 7.34. The highest BCUT2D eigenvalue weighted by atomic mass is 16.3. The van der Waals surface area contributed by atoms with Gasteiger partial charge in [0.1, 0.15) is 0 Å². The molecule has 3 N–H and O–H groups in total. The fraction of sp³-hybridized carbons (Fsp3) is 0.875. The Balaban J connectivity index is 2.10. The number of nitrogens with one attached hydrogen (secondary N) is 2. The molecule has 0 bridgehead atoms. The Kier molecular flexibility index (Phi) is 3.49. The normalized spacial score (nSPS) is 19.8. The molecule has 1 amide bonds. The Bertz CT molecular complexity index is 148. The zero-order valence-corrected chi connectivity index (χ0v) is 7.34. The molecule has 0 spiro atoms. The molecule has 4 heteroatoms. The Morgan fingerprint density at radius 3 is 2.83 bits per heavy atom. The molecule has 0 aromatic rings.